The zero-order valence-electron chi connectivity index (χ0n) is 13.4. The van der Waals surface area contributed by atoms with Gasteiger partial charge in [-0.15, -0.1) is 0 Å². The summed E-state index contributed by atoms with van der Waals surface area (Å²) < 4.78 is 22.5. The smallest absolute Gasteiger partial charge is 0.375 e. The standard InChI is InChI=1S/C13H29NO4Si/c1-12(2)13(3,9-8-10-14(12)4)18-11-19(15-5,16-6)17-7/h8-11H2,1-7H3. The lowest BCUT2D eigenvalue weighted by Crippen LogP contribution is -2.64. The highest BCUT2D eigenvalue weighted by molar-refractivity contribution is 6.60. The first-order valence-electron chi connectivity index (χ1n) is 6.77. The van der Waals surface area contributed by atoms with Gasteiger partial charge in [-0.2, -0.15) is 0 Å². The van der Waals surface area contributed by atoms with E-state index >= 15 is 0 Å². The first kappa shape index (κ1) is 17.1. The van der Waals surface area contributed by atoms with Gasteiger partial charge in [0.15, 0.2) is 0 Å². The van der Waals surface area contributed by atoms with Gasteiger partial charge < -0.3 is 18.0 Å². The maximum Gasteiger partial charge on any atom is 0.527 e. The Hall–Kier alpha value is 0.0169. The molecule has 1 saturated heterocycles. The molecule has 0 amide bonds. The molecule has 114 valence electrons. The van der Waals surface area contributed by atoms with Crippen molar-refractivity contribution in [2.75, 3.05) is 41.2 Å². The van der Waals surface area contributed by atoms with Crippen LogP contribution in [0.1, 0.15) is 33.6 Å². The number of likely N-dealkylation sites (tertiary alicyclic amines) is 1. The Labute approximate surface area is 118 Å². The highest BCUT2D eigenvalue weighted by atomic mass is 28.4. The largest absolute Gasteiger partial charge is 0.527 e. The normalized spacial score (nSPS) is 28.6. The number of rotatable bonds is 6. The van der Waals surface area contributed by atoms with E-state index in [9.17, 15) is 0 Å². The number of hydrogen-bond acceptors (Lipinski definition) is 5. The SMILES string of the molecule is CO[Si](COC1(C)CCCN(C)C1(C)C)(OC)OC. The molecule has 0 bridgehead atoms. The number of likely N-dealkylation sites (N-methyl/N-ethyl adjacent to an activating group) is 1. The summed E-state index contributed by atoms with van der Waals surface area (Å²) in [6, 6.07) is 0. The molecule has 0 radical (unpaired) electrons. The summed E-state index contributed by atoms with van der Waals surface area (Å²) in [6.07, 6.45) is 2.55. The van der Waals surface area contributed by atoms with E-state index in [1.54, 1.807) is 21.3 Å². The minimum atomic E-state index is -2.67. The van der Waals surface area contributed by atoms with Crippen molar-refractivity contribution < 1.29 is 18.0 Å². The van der Waals surface area contributed by atoms with Crippen LogP contribution in [0.3, 0.4) is 0 Å². The van der Waals surface area contributed by atoms with E-state index in [-0.39, 0.29) is 11.1 Å². The molecule has 0 spiro atoms. The van der Waals surface area contributed by atoms with E-state index < -0.39 is 8.80 Å². The predicted molar refractivity (Wildman–Crippen MR) is 77.1 cm³/mol. The fourth-order valence-corrected chi connectivity index (χ4v) is 3.91. The van der Waals surface area contributed by atoms with Crippen LogP contribution < -0.4 is 0 Å². The molecule has 1 unspecified atom stereocenters. The zero-order valence-corrected chi connectivity index (χ0v) is 14.4. The van der Waals surface area contributed by atoms with Crippen LogP contribution in [0.4, 0.5) is 0 Å². The lowest BCUT2D eigenvalue weighted by Gasteiger charge is -2.53. The molecule has 0 N–H and O–H groups in total. The molecule has 1 atom stereocenters. The highest BCUT2D eigenvalue weighted by Crippen LogP contribution is 2.39. The number of piperidine rings is 1. The third-order valence-corrected chi connectivity index (χ3v) is 7.26. The summed E-state index contributed by atoms with van der Waals surface area (Å²) in [5, 5.41) is 0. The maximum atomic E-state index is 6.24. The Morgan fingerprint density at radius 1 is 1.05 bits per heavy atom. The van der Waals surface area contributed by atoms with Gasteiger partial charge in [-0.1, -0.05) is 0 Å². The van der Waals surface area contributed by atoms with Crippen LogP contribution in [0.15, 0.2) is 0 Å². The van der Waals surface area contributed by atoms with Crippen molar-refractivity contribution in [1.29, 1.82) is 0 Å². The predicted octanol–water partition coefficient (Wildman–Crippen LogP) is 1.68. The second-order valence-corrected chi connectivity index (χ2v) is 8.78. The van der Waals surface area contributed by atoms with E-state index in [0.717, 1.165) is 19.4 Å². The topological polar surface area (TPSA) is 40.2 Å². The first-order valence-corrected chi connectivity index (χ1v) is 8.71. The van der Waals surface area contributed by atoms with Gasteiger partial charge in [-0.25, -0.2) is 0 Å². The second-order valence-electron chi connectivity index (χ2n) is 5.90. The Balaban J connectivity index is 2.79. The van der Waals surface area contributed by atoms with Gasteiger partial charge in [-0.3, -0.25) is 4.90 Å². The fourth-order valence-electron chi connectivity index (χ4n) is 2.57. The van der Waals surface area contributed by atoms with Crippen LogP contribution in [-0.4, -0.2) is 66.0 Å². The maximum absolute atomic E-state index is 6.24. The minimum absolute atomic E-state index is 0.0272. The third-order valence-electron chi connectivity index (χ3n) is 4.90. The monoisotopic (exact) mass is 291 g/mol. The second kappa shape index (κ2) is 6.20. The van der Waals surface area contributed by atoms with Crippen molar-refractivity contribution in [3.05, 3.63) is 0 Å². The molecular weight excluding hydrogens is 262 g/mol. The van der Waals surface area contributed by atoms with Crippen molar-refractivity contribution >= 4 is 8.80 Å². The van der Waals surface area contributed by atoms with Gasteiger partial charge in [0.05, 0.1) is 5.60 Å². The highest BCUT2D eigenvalue weighted by Gasteiger charge is 2.50. The zero-order chi connectivity index (χ0) is 14.7. The van der Waals surface area contributed by atoms with Gasteiger partial charge >= 0.3 is 8.80 Å². The van der Waals surface area contributed by atoms with Crippen LogP contribution >= 0.6 is 0 Å². The van der Waals surface area contributed by atoms with Crippen LogP contribution in [0.25, 0.3) is 0 Å². The molecule has 1 aliphatic heterocycles. The lowest BCUT2D eigenvalue weighted by molar-refractivity contribution is -0.146. The molecule has 0 aromatic rings. The van der Waals surface area contributed by atoms with Gasteiger partial charge in [0.1, 0.15) is 6.23 Å². The van der Waals surface area contributed by atoms with Crippen LogP contribution in [0.2, 0.25) is 0 Å². The lowest BCUT2D eigenvalue weighted by atomic mass is 9.76. The van der Waals surface area contributed by atoms with E-state index in [4.69, 9.17) is 18.0 Å². The molecular formula is C13H29NO4Si. The van der Waals surface area contributed by atoms with Crippen molar-refractivity contribution in [1.82, 2.24) is 4.90 Å². The molecule has 1 rings (SSSR count). The molecule has 5 nitrogen and oxygen atoms in total. The number of nitrogens with zero attached hydrogens (tertiary/aromatic N) is 1. The fraction of sp³-hybridized carbons (Fsp3) is 1.00. The van der Waals surface area contributed by atoms with E-state index in [2.05, 4.69) is 32.7 Å². The van der Waals surface area contributed by atoms with E-state index in [1.807, 2.05) is 0 Å². The van der Waals surface area contributed by atoms with E-state index in [0.29, 0.717) is 6.23 Å². The van der Waals surface area contributed by atoms with Gasteiger partial charge in [0.25, 0.3) is 0 Å². The molecule has 1 aliphatic rings. The Kier molecular flexibility index (Phi) is 5.57. The summed E-state index contributed by atoms with van der Waals surface area (Å²) >= 11 is 0. The Bertz CT molecular complexity index is 288. The molecule has 19 heavy (non-hydrogen) atoms. The van der Waals surface area contributed by atoms with Gasteiger partial charge in [-0.05, 0) is 47.2 Å². The summed E-state index contributed by atoms with van der Waals surface area (Å²) in [7, 11) is 4.32. The van der Waals surface area contributed by atoms with Crippen molar-refractivity contribution in [3.63, 3.8) is 0 Å². The Morgan fingerprint density at radius 3 is 2.05 bits per heavy atom. The van der Waals surface area contributed by atoms with Crippen LogP contribution in [-0.2, 0) is 18.0 Å². The number of hydrogen-bond donors (Lipinski definition) is 0. The first-order chi connectivity index (χ1) is 8.77. The third kappa shape index (κ3) is 3.20. The van der Waals surface area contributed by atoms with Crippen LogP contribution in [0, 0.1) is 0 Å². The minimum Gasteiger partial charge on any atom is -0.375 e. The molecule has 0 aliphatic carbocycles. The molecule has 0 saturated carbocycles. The van der Waals surface area contributed by atoms with Crippen molar-refractivity contribution in [2.45, 2.75) is 44.8 Å². The molecule has 6 heteroatoms. The van der Waals surface area contributed by atoms with Crippen LogP contribution in [0.5, 0.6) is 0 Å². The molecule has 0 aromatic heterocycles. The van der Waals surface area contributed by atoms with Gasteiger partial charge in [0, 0.05) is 26.9 Å². The quantitative estimate of drug-likeness (QED) is 0.696. The molecule has 1 heterocycles. The number of ether oxygens (including phenoxy) is 1. The van der Waals surface area contributed by atoms with Crippen molar-refractivity contribution in [2.24, 2.45) is 0 Å². The average Bonchev–Trinajstić information content (AvgIpc) is 2.39. The summed E-state index contributed by atoms with van der Waals surface area (Å²) in [5.74, 6) is 0. The summed E-state index contributed by atoms with van der Waals surface area (Å²) in [4.78, 5) is 2.35. The molecule has 1 fully saturated rings. The average molecular weight is 291 g/mol. The summed E-state index contributed by atoms with van der Waals surface area (Å²) in [6.45, 7) is 7.72. The van der Waals surface area contributed by atoms with Gasteiger partial charge in [0.2, 0.25) is 0 Å². The summed E-state index contributed by atoms with van der Waals surface area (Å²) in [5.41, 5.74) is -0.256. The molecule has 0 aromatic carbocycles. The Morgan fingerprint density at radius 2 is 1.58 bits per heavy atom. The van der Waals surface area contributed by atoms with Crippen molar-refractivity contribution in [3.8, 4) is 0 Å². The van der Waals surface area contributed by atoms with E-state index in [1.165, 1.54) is 0 Å².